The lowest BCUT2D eigenvalue weighted by molar-refractivity contribution is 0.550. The molecule has 14 heavy (non-hydrogen) atoms. The minimum atomic E-state index is 0.352. The largest absolute Gasteiger partial charge is 0.335 e. The van der Waals surface area contributed by atoms with Gasteiger partial charge in [0.05, 0.1) is 5.69 Å². The summed E-state index contributed by atoms with van der Waals surface area (Å²) in [6.07, 6.45) is 5.86. The maximum atomic E-state index is 5.98. The number of hydrogen-bond donors (Lipinski definition) is 1. The summed E-state index contributed by atoms with van der Waals surface area (Å²) < 4.78 is 2.30. The highest BCUT2D eigenvalue weighted by atomic mass is 15.1. The summed E-state index contributed by atoms with van der Waals surface area (Å²) in [5, 5.41) is 0. The molecule has 0 aliphatic heterocycles. The second-order valence-corrected chi connectivity index (χ2v) is 4.70. The van der Waals surface area contributed by atoms with Crippen LogP contribution in [0.1, 0.15) is 42.4 Å². The molecule has 1 fully saturated rings. The summed E-state index contributed by atoms with van der Waals surface area (Å²) in [6.45, 7) is 0. The minimum Gasteiger partial charge on any atom is -0.335 e. The van der Waals surface area contributed by atoms with Crippen molar-refractivity contribution in [2.24, 2.45) is 12.8 Å². The molecule has 0 aromatic carbocycles. The van der Waals surface area contributed by atoms with Gasteiger partial charge in [-0.2, -0.15) is 0 Å². The molecular formula is C11H17N3. The van der Waals surface area contributed by atoms with E-state index in [9.17, 15) is 0 Å². The summed E-state index contributed by atoms with van der Waals surface area (Å²) in [6, 6.07) is 0.352. The first-order valence-corrected chi connectivity index (χ1v) is 5.55. The van der Waals surface area contributed by atoms with Crippen molar-refractivity contribution in [3.8, 4) is 0 Å². The third-order valence-electron chi connectivity index (χ3n) is 3.48. The summed E-state index contributed by atoms with van der Waals surface area (Å²) in [7, 11) is 2.15. The van der Waals surface area contributed by atoms with Crippen LogP contribution >= 0.6 is 0 Å². The summed E-state index contributed by atoms with van der Waals surface area (Å²) in [5.74, 6) is 2.06. The highest BCUT2D eigenvalue weighted by Gasteiger charge is 2.31. The number of aryl methyl sites for hydroxylation is 1. The number of hydrogen-bond acceptors (Lipinski definition) is 2. The van der Waals surface area contributed by atoms with Gasteiger partial charge in [-0.15, -0.1) is 0 Å². The topological polar surface area (TPSA) is 43.8 Å². The third-order valence-corrected chi connectivity index (χ3v) is 3.48. The fourth-order valence-electron chi connectivity index (χ4n) is 2.44. The van der Waals surface area contributed by atoms with Crippen LogP contribution in [-0.4, -0.2) is 15.6 Å². The summed E-state index contributed by atoms with van der Waals surface area (Å²) in [5.41, 5.74) is 8.69. The van der Waals surface area contributed by atoms with Gasteiger partial charge in [-0.3, -0.25) is 0 Å². The van der Waals surface area contributed by atoms with Crippen molar-refractivity contribution in [2.45, 2.75) is 44.1 Å². The smallest absolute Gasteiger partial charge is 0.112 e. The van der Waals surface area contributed by atoms with Crippen molar-refractivity contribution in [1.29, 1.82) is 0 Å². The highest BCUT2D eigenvalue weighted by Crippen LogP contribution is 2.40. The highest BCUT2D eigenvalue weighted by molar-refractivity contribution is 5.24. The molecular weight excluding hydrogens is 174 g/mol. The van der Waals surface area contributed by atoms with Gasteiger partial charge in [0, 0.05) is 31.1 Å². The van der Waals surface area contributed by atoms with E-state index in [4.69, 9.17) is 10.7 Å². The fraction of sp³-hybridized carbons (Fsp3) is 0.727. The Labute approximate surface area is 84.3 Å². The zero-order valence-corrected chi connectivity index (χ0v) is 8.66. The molecule has 2 N–H and O–H groups in total. The van der Waals surface area contributed by atoms with E-state index in [1.807, 2.05) is 0 Å². The molecule has 1 atom stereocenters. The average Bonchev–Trinajstić information content (AvgIpc) is 2.95. The first-order chi connectivity index (χ1) is 6.75. The van der Waals surface area contributed by atoms with E-state index in [-0.39, 0.29) is 0 Å². The van der Waals surface area contributed by atoms with Crippen molar-refractivity contribution in [2.75, 3.05) is 0 Å². The summed E-state index contributed by atoms with van der Waals surface area (Å²) >= 11 is 0. The molecule has 1 unspecified atom stereocenters. The lowest BCUT2D eigenvalue weighted by Gasteiger charge is -2.18. The van der Waals surface area contributed by atoms with E-state index in [2.05, 4.69) is 11.6 Å². The molecule has 76 valence electrons. The quantitative estimate of drug-likeness (QED) is 0.722. The van der Waals surface area contributed by atoms with E-state index in [0.29, 0.717) is 6.04 Å². The lowest BCUT2D eigenvalue weighted by atomic mass is 9.97. The number of fused-ring (bicyclic) bond motifs is 1. The standard InChI is InChI=1S/C11H17N3/c1-14-10-6-8(12)4-5-9(10)13-11(14)7-2-3-7/h7-8H,2-6,12H2,1H3. The molecule has 2 aliphatic rings. The molecule has 3 rings (SSSR count). The second kappa shape index (κ2) is 2.83. The van der Waals surface area contributed by atoms with Gasteiger partial charge >= 0.3 is 0 Å². The van der Waals surface area contributed by atoms with E-state index in [1.54, 1.807) is 0 Å². The number of rotatable bonds is 1. The van der Waals surface area contributed by atoms with Gasteiger partial charge < -0.3 is 10.3 Å². The molecule has 0 saturated heterocycles. The van der Waals surface area contributed by atoms with Crippen LogP contribution in [0.25, 0.3) is 0 Å². The normalized spacial score (nSPS) is 26.3. The predicted molar refractivity (Wildman–Crippen MR) is 55.2 cm³/mol. The maximum Gasteiger partial charge on any atom is 0.112 e. The molecule has 1 aromatic rings. The van der Waals surface area contributed by atoms with Gasteiger partial charge in [0.15, 0.2) is 0 Å². The maximum absolute atomic E-state index is 5.98. The first-order valence-electron chi connectivity index (χ1n) is 5.55. The molecule has 0 radical (unpaired) electrons. The summed E-state index contributed by atoms with van der Waals surface area (Å²) in [4.78, 5) is 4.75. The Balaban J connectivity index is 2.02. The Kier molecular flexibility index (Phi) is 1.71. The van der Waals surface area contributed by atoms with Gasteiger partial charge in [0.1, 0.15) is 5.82 Å². The van der Waals surface area contributed by atoms with Crippen molar-refractivity contribution < 1.29 is 0 Å². The zero-order chi connectivity index (χ0) is 9.71. The van der Waals surface area contributed by atoms with Crippen molar-refractivity contribution in [3.05, 3.63) is 17.2 Å². The number of imidazole rings is 1. The van der Waals surface area contributed by atoms with Crippen LogP contribution in [0.3, 0.4) is 0 Å². The number of nitrogens with zero attached hydrogens (tertiary/aromatic N) is 2. The predicted octanol–water partition coefficient (Wildman–Crippen LogP) is 1.11. The number of aromatic nitrogens is 2. The van der Waals surface area contributed by atoms with Crippen molar-refractivity contribution in [3.63, 3.8) is 0 Å². The van der Waals surface area contributed by atoms with Gasteiger partial charge in [-0.05, 0) is 25.7 Å². The van der Waals surface area contributed by atoms with Crippen LogP contribution in [0.4, 0.5) is 0 Å². The van der Waals surface area contributed by atoms with E-state index in [0.717, 1.165) is 25.2 Å². The minimum absolute atomic E-state index is 0.352. The third kappa shape index (κ3) is 1.19. The van der Waals surface area contributed by atoms with Crippen LogP contribution in [0.15, 0.2) is 0 Å². The number of nitrogens with two attached hydrogens (primary N) is 1. The van der Waals surface area contributed by atoms with E-state index < -0.39 is 0 Å². The molecule has 2 aliphatic carbocycles. The van der Waals surface area contributed by atoms with Gasteiger partial charge in [0.25, 0.3) is 0 Å². The van der Waals surface area contributed by atoms with Crippen molar-refractivity contribution in [1.82, 2.24) is 9.55 Å². The fourth-order valence-corrected chi connectivity index (χ4v) is 2.44. The molecule has 0 spiro atoms. The molecule has 1 aromatic heterocycles. The molecule has 3 heteroatoms. The van der Waals surface area contributed by atoms with E-state index in [1.165, 1.54) is 30.1 Å². The van der Waals surface area contributed by atoms with Crippen LogP contribution in [0.2, 0.25) is 0 Å². The second-order valence-electron chi connectivity index (χ2n) is 4.70. The van der Waals surface area contributed by atoms with Crippen LogP contribution < -0.4 is 5.73 Å². The van der Waals surface area contributed by atoms with Crippen LogP contribution in [0, 0.1) is 0 Å². The molecule has 1 heterocycles. The first kappa shape index (κ1) is 8.48. The van der Waals surface area contributed by atoms with Crippen LogP contribution in [-0.2, 0) is 19.9 Å². The Morgan fingerprint density at radius 2 is 2.14 bits per heavy atom. The van der Waals surface area contributed by atoms with E-state index >= 15 is 0 Å². The average molecular weight is 191 g/mol. The molecule has 1 saturated carbocycles. The Morgan fingerprint density at radius 3 is 2.86 bits per heavy atom. The van der Waals surface area contributed by atoms with Crippen molar-refractivity contribution >= 4 is 0 Å². The monoisotopic (exact) mass is 191 g/mol. The van der Waals surface area contributed by atoms with Gasteiger partial charge in [0.2, 0.25) is 0 Å². The molecule has 0 amide bonds. The Hall–Kier alpha value is -0.830. The Morgan fingerprint density at radius 1 is 1.36 bits per heavy atom. The lowest BCUT2D eigenvalue weighted by Crippen LogP contribution is -2.28. The van der Waals surface area contributed by atoms with Crippen LogP contribution in [0.5, 0.6) is 0 Å². The SMILES string of the molecule is Cn1c(C2CC2)nc2c1CC(N)CC2. The molecule has 3 nitrogen and oxygen atoms in total. The zero-order valence-electron chi connectivity index (χ0n) is 8.66. The van der Waals surface area contributed by atoms with Gasteiger partial charge in [-0.1, -0.05) is 0 Å². The van der Waals surface area contributed by atoms with Gasteiger partial charge in [-0.25, -0.2) is 4.98 Å². The molecule has 0 bridgehead atoms. The Bertz CT molecular complexity index is 363.